The van der Waals surface area contributed by atoms with Crippen molar-refractivity contribution >= 4 is 29.3 Å². The number of rotatable bonds is 11. The summed E-state index contributed by atoms with van der Waals surface area (Å²) < 4.78 is 87.9. The minimum Gasteiger partial charge on any atom is -0.494 e. The number of carbonyl (C=O) groups excluding carboxylic acids is 2. The topological polar surface area (TPSA) is 85.2 Å². The summed E-state index contributed by atoms with van der Waals surface area (Å²) in [6.07, 6.45) is -4.95. The lowest BCUT2D eigenvalue weighted by atomic mass is 10.0. The lowest BCUT2D eigenvalue weighted by Crippen LogP contribution is -2.25. The van der Waals surface area contributed by atoms with Gasteiger partial charge in [-0.2, -0.15) is 31.4 Å². The highest BCUT2D eigenvalue weighted by molar-refractivity contribution is 6.29. The molecule has 0 aliphatic heterocycles. The Morgan fingerprint density at radius 3 is 1.90 bits per heavy atom. The first-order valence-electron chi connectivity index (χ1n) is 15.4. The molecule has 0 aliphatic rings. The van der Waals surface area contributed by atoms with Crippen molar-refractivity contribution in [1.82, 2.24) is 9.78 Å². The van der Waals surface area contributed by atoms with Gasteiger partial charge >= 0.3 is 12.4 Å². The van der Waals surface area contributed by atoms with E-state index in [0.29, 0.717) is 41.4 Å². The van der Waals surface area contributed by atoms with Crippen molar-refractivity contribution in [2.24, 2.45) is 0 Å². The van der Waals surface area contributed by atoms with Gasteiger partial charge in [-0.25, -0.2) is 4.68 Å². The maximum Gasteiger partial charge on any atom is 0.416 e. The van der Waals surface area contributed by atoms with Gasteiger partial charge in [-0.1, -0.05) is 55.8 Å². The fourth-order valence-electron chi connectivity index (χ4n) is 4.83. The summed E-state index contributed by atoms with van der Waals surface area (Å²) in [6.45, 7) is 2.50. The molecule has 0 radical (unpaired) electrons. The van der Waals surface area contributed by atoms with E-state index in [1.54, 1.807) is 60.8 Å². The third-order valence-corrected chi connectivity index (χ3v) is 7.32. The van der Waals surface area contributed by atoms with E-state index in [2.05, 4.69) is 10.6 Å². The third-order valence-electron chi connectivity index (χ3n) is 7.32. The van der Waals surface area contributed by atoms with Crippen LogP contribution < -0.4 is 15.4 Å². The summed E-state index contributed by atoms with van der Waals surface area (Å²) in [4.78, 5) is 27.4. The number of nitrogens with zero attached hydrogens (tertiary/aromatic N) is 2. The molecule has 1 heterocycles. The van der Waals surface area contributed by atoms with Crippen LogP contribution in [0.15, 0.2) is 115 Å². The number of hydrogen-bond acceptors (Lipinski definition) is 4. The Hall–Kier alpha value is -5.85. The molecule has 5 rings (SSSR count). The van der Waals surface area contributed by atoms with E-state index in [1.165, 1.54) is 22.9 Å². The molecule has 4 aromatic carbocycles. The van der Waals surface area contributed by atoms with Gasteiger partial charge in [0, 0.05) is 28.7 Å². The monoisotopic (exact) mass is 692 g/mol. The summed E-state index contributed by atoms with van der Waals surface area (Å²) >= 11 is 0. The summed E-state index contributed by atoms with van der Waals surface area (Å²) in [5.41, 5.74) is -1.49. The van der Waals surface area contributed by atoms with E-state index in [9.17, 15) is 35.9 Å². The number of unbranched alkanes of at least 4 members (excludes halogenated alkanes) is 1. The number of ether oxygens (including phenoxy) is 1. The Kier molecular flexibility index (Phi) is 10.7. The van der Waals surface area contributed by atoms with Crippen molar-refractivity contribution in [3.8, 4) is 22.7 Å². The van der Waals surface area contributed by atoms with Crippen LogP contribution in [0.2, 0.25) is 0 Å². The number of aromatic nitrogens is 2. The second-order valence-electron chi connectivity index (χ2n) is 11.1. The van der Waals surface area contributed by atoms with E-state index in [1.807, 2.05) is 6.92 Å². The maximum absolute atomic E-state index is 13.7. The van der Waals surface area contributed by atoms with Gasteiger partial charge in [-0.05, 0) is 73.2 Å². The molecule has 0 spiro atoms. The summed E-state index contributed by atoms with van der Waals surface area (Å²) in [7, 11) is 0. The molecule has 50 heavy (non-hydrogen) atoms. The molecule has 5 aromatic rings. The summed E-state index contributed by atoms with van der Waals surface area (Å²) in [5.74, 6) is -1.70. The molecule has 258 valence electrons. The molecule has 0 bridgehead atoms. The van der Waals surface area contributed by atoms with E-state index >= 15 is 0 Å². The van der Waals surface area contributed by atoms with Gasteiger partial charge in [-0.15, -0.1) is 0 Å². The molecule has 0 atom stereocenters. The number of hydrogen-bond donors (Lipinski definition) is 2. The van der Waals surface area contributed by atoms with Crippen LogP contribution in [0.3, 0.4) is 0 Å². The van der Waals surface area contributed by atoms with E-state index in [-0.39, 0.29) is 16.9 Å². The minimum absolute atomic E-state index is 0.243. The standard InChI is InChI=1S/C37H30F6N4O3/c1-2-3-18-50-31-17-7-10-24(19-31)33-25(23-47(46-33)30-15-5-4-6-16-30)20-32(34(48)44-28-13-8-11-26(21-28)36(38,39)40)35(49)45-29-14-9-12-27(22-29)37(41,42)43/h4-17,19-23H,2-3,18H2,1H3,(H,44,48)(H,45,49). The summed E-state index contributed by atoms with van der Waals surface area (Å²) in [6, 6.07) is 23.5. The van der Waals surface area contributed by atoms with Crippen LogP contribution in [0, 0.1) is 0 Å². The Bertz CT molecular complexity index is 1930. The van der Waals surface area contributed by atoms with Crippen molar-refractivity contribution in [2.75, 3.05) is 17.2 Å². The highest BCUT2D eigenvalue weighted by atomic mass is 19.4. The van der Waals surface area contributed by atoms with Crippen LogP contribution in [0.1, 0.15) is 36.5 Å². The van der Waals surface area contributed by atoms with Gasteiger partial charge < -0.3 is 15.4 Å². The number of amides is 2. The van der Waals surface area contributed by atoms with Crippen molar-refractivity contribution in [2.45, 2.75) is 32.1 Å². The minimum atomic E-state index is -4.71. The van der Waals surface area contributed by atoms with Crippen LogP contribution in [0.5, 0.6) is 5.75 Å². The van der Waals surface area contributed by atoms with Crippen LogP contribution in [-0.4, -0.2) is 28.2 Å². The van der Waals surface area contributed by atoms with Gasteiger partial charge in [0.2, 0.25) is 0 Å². The molecular weight excluding hydrogens is 662 g/mol. The molecule has 13 heteroatoms. The van der Waals surface area contributed by atoms with E-state index in [4.69, 9.17) is 9.84 Å². The van der Waals surface area contributed by atoms with Crippen molar-refractivity contribution in [3.05, 3.63) is 132 Å². The molecule has 2 N–H and O–H groups in total. The number of anilines is 2. The van der Waals surface area contributed by atoms with Crippen molar-refractivity contribution < 1.29 is 40.7 Å². The average molecular weight is 693 g/mol. The zero-order chi connectivity index (χ0) is 35.9. The fraction of sp³-hybridized carbons (Fsp3) is 0.162. The predicted octanol–water partition coefficient (Wildman–Crippen LogP) is 9.42. The second-order valence-corrected chi connectivity index (χ2v) is 11.1. The zero-order valence-corrected chi connectivity index (χ0v) is 26.5. The van der Waals surface area contributed by atoms with Gasteiger partial charge in [0.25, 0.3) is 11.8 Å². The third kappa shape index (κ3) is 8.98. The van der Waals surface area contributed by atoms with Gasteiger partial charge in [0.05, 0.1) is 23.4 Å². The number of halogens is 6. The molecule has 0 aliphatic carbocycles. The number of alkyl halides is 6. The van der Waals surface area contributed by atoms with Crippen LogP contribution in [0.4, 0.5) is 37.7 Å². The van der Waals surface area contributed by atoms with Gasteiger partial charge in [-0.3, -0.25) is 9.59 Å². The lowest BCUT2D eigenvalue weighted by Gasteiger charge is -2.13. The van der Waals surface area contributed by atoms with Gasteiger partial charge in [0.15, 0.2) is 0 Å². The Morgan fingerprint density at radius 1 is 0.760 bits per heavy atom. The summed E-state index contributed by atoms with van der Waals surface area (Å²) in [5, 5.41) is 9.34. The molecule has 0 unspecified atom stereocenters. The Balaban J connectivity index is 1.61. The first-order chi connectivity index (χ1) is 23.8. The molecule has 7 nitrogen and oxygen atoms in total. The molecule has 0 saturated carbocycles. The first kappa shape index (κ1) is 35.5. The number of carbonyl (C=O) groups is 2. The highest BCUT2D eigenvalue weighted by Crippen LogP contribution is 2.33. The van der Waals surface area contributed by atoms with Crippen molar-refractivity contribution in [1.29, 1.82) is 0 Å². The Labute approximate surface area is 283 Å². The zero-order valence-electron chi connectivity index (χ0n) is 26.5. The molecule has 2 amide bonds. The smallest absolute Gasteiger partial charge is 0.416 e. The van der Waals surface area contributed by atoms with Crippen LogP contribution in [-0.2, 0) is 21.9 Å². The number of nitrogens with one attached hydrogen (secondary N) is 2. The first-order valence-corrected chi connectivity index (χ1v) is 15.4. The van der Waals surface area contributed by atoms with Gasteiger partial charge in [0.1, 0.15) is 17.0 Å². The highest BCUT2D eigenvalue weighted by Gasteiger charge is 2.32. The quantitative estimate of drug-likeness (QED) is 0.0475. The van der Waals surface area contributed by atoms with E-state index < -0.39 is 40.9 Å². The van der Waals surface area contributed by atoms with Crippen LogP contribution >= 0.6 is 0 Å². The van der Waals surface area contributed by atoms with E-state index in [0.717, 1.165) is 37.1 Å². The molecule has 0 saturated heterocycles. The number of benzene rings is 4. The van der Waals surface area contributed by atoms with Crippen LogP contribution in [0.25, 0.3) is 23.0 Å². The van der Waals surface area contributed by atoms with Crippen molar-refractivity contribution in [3.63, 3.8) is 0 Å². The largest absolute Gasteiger partial charge is 0.494 e. The molecule has 0 fully saturated rings. The maximum atomic E-state index is 13.7. The SMILES string of the molecule is CCCCOc1cccc(-c2nn(-c3ccccc3)cc2C=C(C(=O)Nc2cccc(C(F)(F)F)c2)C(=O)Nc2cccc(C(F)(F)F)c2)c1. The molecular formula is C37H30F6N4O3. The molecule has 1 aromatic heterocycles. The fourth-order valence-corrected chi connectivity index (χ4v) is 4.83. The predicted molar refractivity (Wildman–Crippen MR) is 178 cm³/mol. The second kappa shape index (κ2) is 15.1. The Morgan fingerprint density at radius 2 is 1.34 bits per heavy atom. The normalized spacial score (nSPS) is 11.5. The average Bonchev–Trinajstić information content (AvgIpc) is 3.51. The lowest BCUT2D eigenvalue weighted by molar-refractivity contribution is -0.138. The number of para-hydroxylation sites is 1.